The van der Waals surface area contributed by atoms with E-state index in [0.29, 0.717) is 30.0 Å². The molecule has 130 valence electrons. The first-order valence-electron chi connectivity index (χ1n) is 8.31. The van der Waals surface area contributed by atoms with Gasteiger partial charge in [-0.2, -0.15) is 0 Å². The van der Waals surface area contributed by atoms with Gasteiger partial charge >= 0.3 is 6.03 Å². The van der Waals surface area contributed by atoms with Gasteiger partial charge in [0.2, 0.25) is 0 Å². The molecule has 1 aliphatic rings. The fraction of sp³-hybridized carbons (Fsp3) is 0.263. The molecule has 2 aromatic rings. The summed E-state index contributed by atoms with van der Waals surface area (Å²) in [5.74, 6) is -0.524. The van der Waals surface area contributed by atoms with Gasteiger partial charge in [0.25, 0.3) is 11.6 Å². The van der Waals surface area contributed by atoms with Gasteiger partial charge in [0.15, 0.2) is 0 Å². The number of hydrogen-bond acceptors (Lipinski definition) is 3. The van der Waals surface area contributed by atoms with Crippen molar-refractivity contribution >= 4 is 23.3 Å². The van der Waals surface area contributed by atoms with Gasteiger partial charge < -0.3 is 15.3 Å². The van der Waals surface area contributed by atoms with Crippen molar-refractivity contribution in [2.24, 2.45) is 0 Å². The fourth-order valence-corrected chi connectivity index (χ4v) is 3.16. The lowest BCUT2D eigenvalue weighted by molar-refractivity contribution is -0.151. The number of carbonyl (C=O) groups is 2. The number of urea groups is 1. The van der Waals surface area contributed by atoms with Crippen molar-refractivity contribution in [3.63, 3.8) is 0 Å². The molecular formula is C19H21N3O3. The van der Waals surface area contributed by atoms with E-state index in [2.05, 4.69) is 5.32 Å². The third-order valence-corrected chi connectivity index (χ3v) is 4.43. The van der Waals surface area contributed by atoms with Crippen molar-refractivity contribution in [3.05, 3.63) is 60.2 Å². The van der Waals surface area contributed by atoms with Gasteiger partial charge in [-0.25, -0.2) is 4.79 Å². The van der Waals surface area contributed by atoms with Crippen LogP contribution in [0.3, 0.4) is 0 Å². The van der Waals surface area contributed by atoms with Gasteiger partial charge in [-0.3, -0.25) is 9.69 Å². The maximum absolute atomic E-state index is 13.2. The Kier molecular flexibility index (Phi) is 4.46. The Bertz CT molecular complexity index is 790. The van der Waals surface area contributed by atoms with Crippen molar-refractivity contribution in [1.29, 1.82) is 0 Å². The zero-order valence-electron chi connectivity index (χ0n) is 14.3. The number of aliphatic hydroxyl groups is 1. The van der Waals surface area contributed by atoms with E-state index in [4.69, 9.17) is 0 Å². The Morgan fingerprint density at radius 2 is 1.68 bits per heavy atom. The number of amides is 3. The quantitative estimate of drug-likeness (QED) is 0.899. The van der Waals surface area contributed by atoms with Crippen molar-refractivity contribution < 1.29 is 14.7 Å². The molecule has 1 atom stereocenters. The molecule has 0 radical (unpaired) electrons. The second-order valence-corrected chi connectivity index (χ2v) is 5.80. The van der Waals surface area contributed by atoms with Crippen LogP contribution >= 0.6 is 0 Å². The number of rotatable bonds is 4. The highest BCUT2D eigenvalue weighted by atomic mass is 16.3. The Morgan fingerprint density at radius 3 is 2.32 bits per heavy atom. The summed E-state index contributed by atoms with van der Waals surface area (Å²) < 4.78 is 0. The number of carbonyl (C=O) groups excluding carboxylic acids is 2. The molecule has 2 aromatic carbocycles. The van der Waals surface area contributed by atoms with E-state index in [-0.39, 0.29) is 0 Å². The third-order valence-electron chi connectivity index (χ3n) is 4.43. The Hall–Kier alpha value is -2.86. The molecule has 0 aliphatic carbocycles. The number of likely N-dealkylation sites (N-methyl/N-ethyl adjacent to an activating group) is 1. The van der Waals surface area contributed by atoms with Crippen LogP contribution in [0.1, 0.15) is 19.4 Å². The molecule has 1 aliphatic heterocycles. The zero-order chi connectivity index (χ0) is 18.0. The molecule has 0 saturated carbocycles. The van der Waals surface area contributed by atoms with Gasteiger partial charge in [-0.1, -0.05) is 36.4 Å². The smallest absolute Gasteiger partial charge is 0.329 e. The summed E-state index contributed by atoms with van der Waals surface area (Å²) in [5, 5.41) is 14.3. The molecule has 3 rings (SSSR count). The molecule has 6 nitrogen and oxygen atoms in total. The topological polar surface area (TPSA) is 72.9 Å². The number of benzene rings is 2. The van der Waals surface area contributed by atoms with E-state index in [9.17, 15) is 14.7 Å². The third kappa shape index (κ3) is 2.64. The summed E-state index contributed by atoms with van der Waals surface area (Å²) in [6.45, 7) is 4.55. The lowest BCUT2D eigenvalue weighted by Gasteiger charge is -2.44. The maximum atomic E-state index is 13.2. The minimum atomic E-state index is -2.10. The van der Waals surface area contributed by atoms with Crippen molar-refractivity contribution in [2.45, 2.75) is 19.6 Å². The first kappa shape index (κ1) is 17.0. The van der Waals surface area contributed by atoms with E-state index in [1.165, 1.54) is 4.90 Å². The van der Waals surface area contributed by atoms with Crippen LogP contribution in [-0.2, 0) is 10.5 Å². The van der Waals surface area contributed by atoms with Crippen molar-refractivity contribution in [1.82, 2.24) is 4.90 Å². The lowest BCUT2D eigenvalue weighted by atomic mass is 9.94. The van der Waals surface area contributed by atoms with Gasteiger partial charge in [0.1, 0.15) is 0 Å². The Labute approximate surface area is 146 Å². The molecule has 0 bridgehead atoms. The van der Waals surface area contributed by atoms with Crippen LogP contribution in [0.2, 0.25) is 0 Å². The first-order valence-corrected chi connectivity index (χ1v) is 8.31. The second kappa shape index (κ2) is 6.57. The summed E-state index contributed by atoms with van der Waals surface area (Å²) in [6, 6.07) is 15.0. The molecule has 2 N–H and O–H groups in total. The van der Waals surface area contributed by atoms with Crippen molar-refractivity contribution in [3.8, 4) is 0 Å². The van der Waals surface area contributed by atoms with Gasteiger partial charge in [0, 0.05) is 24.3 Å². The predicted molar refractivity (Wildman–Crippen MR) is 96.2 cm³/mol. The zero-order valence-corrected chi connectivity index (χ0v) is 14.3. The van der Waals surface area contributed by atoms with Crippen LogP contribution in [0, 0.1) is 0 Å². The van der Waals surface area contributed by atoms with Crippen LogP contribution in [-0.4, -0.2) is 35.0 Å². The van der Waals surface area contributed by atoms with E-state index in [1.807, 2.05) is 19.9 Å². The summed E-state index contributed by atoms with van der Waals surface area (Å²) in [4.78, 5) is 28.6. The van der Waals surface area contributed by atoms with Crippen LogP contribution in [0.15, 0.2) is 54.6 Å². The normalized spacial score (nSPS) is 19.2. The summed E-state index contributed by atoms with van der Waals surface area (Å²) in [6.07, 6.45) is 0. The minimum absolute atomic E-state index is 0.357. The van der Waals surface area contributed by atoms with E-state index < -0.39 is 17.7 Å². The molecule has 1 unspecified atom stereocenters. The molecule has 0 spiro atoms. The van der Waals surface area contributed by atoms with E-state index in [0.717, 1.165) is 4.90 Å². The highest BCUT2D eigenvalue weighted by Gasteiger charge is 2.53. The molecular weight excluding hydrogens is 318 g/mol. The summed E-state index contributed by atoms with van der Waals surface area (Å²) >= 11 is 0. The molecule has 3 amide bonds. The minimum Gasteiger partial charge on any atom is -0.359 e. The monoisotopic (exact) mass is 339 g/mol. The largest absolute Gasteiger partial charge is 0.359 e. The summed E-state index contributed by atoms with van der Waals surface area (Å²) in [7, 11) is 0. The van der Waals surface area contributed by atoms with Crippen LogP contribution in [0.25, 0.3) is 0 Å². The molecule has 1 heterocycles. The molecule has 6 heteroatoms. The average Bonchev–Trinajstić information content (AvgIpc) is 2.63. The van der Waals surface area contributed by atoms with Gasteiger partial charge in [-0.15, -0.1) is 0 Å². The Morgan fingerprint density at radius 1 is 1.08 bits per heavy atom. The Balaban J connectivity index is 2.23. The van der Waals surface area contributed by atoms with Crippen LogP contribution < -0.4 is 10.2 Å². The van der Waals surface area contributed by atoms with E-state index in [1.54, 1.807) is 48.5 Å². The average molecular weight is 339 g/mol. The van der Waals surface area contributed by atoms with E-state index >= 15 is 0 Å². The number of para-hydroxylation sites is 2. The number of anilines is 2. The molecule has 0 saturated heterocycles. The molecule has 0 fully saturated rings. The highest BCUT2D eigenvalue weighted by molar-refractivity contribution is 6.11. The first-order chi connectivity index (χ1) is 12.0. The standard InChI is InChI=1S/C19H21N3O3/c1-3-21(4-2)17(23)19(25)15-12-8-9-13-16(15)20-18(24)22(19)14-10-6-5-7-11-14/h5-13,25H,3-4H2,1-2H3,(H,20,24). The van der Waals surface area contributed by atoms with Crippen LogP contribution in [0.4, 0.5) is 16.2 Å². The molecule has 0 aromatic heterocycles. The van der Waals surface area contributed by atoms with Crippen LogP contribution in [0.5, 0.6) is 0 Å². The number of nitrogens with zero attached hydrogens (tertiary/aromatic N) is 2. The molecule has 25 heavy (non-hydrogen) atoms. The second-order valence-electron chi connectivity index (χ2n) is 5.80. The predicted octanol–water partition coefficient (Wildman–Crippen LogP) is 2.75. The fourth-order valence-electron chi connectivity index (χ4n) is 3.16. The number of hydrogen-bond donors (Lipinski definition) is 2. The number of nitrogens with one attached hydrogen (secondary N) is 1. The van der Waals surface area contributed by atoms with Crippen molar-refractivity contribution in [2.75, 3.05) is 23.3 Å². The maximum Gasteiger partial charge on any atom is 0.329 e. The lowest BCUT2D eigenvalue weighted by Crippen LogP contribution is -2.63. The SMILES string of the molecule is CCN(CC)C(=O)C1(O)c2ccccc2NC(=O)N1c1ccccc1. The summed E-state index contributed by atoms with van der Waals surface area (Å²) in [5.41, 5.74) is -0.873. The number of fused-ring (bicyclic) bond motifs is 1. The highest BCUT2D eigenvalue weighted by Crippen LogP contribution is 2.40. The van der Waals surface area contributed by atoms with Gasteiger partial charge in [0.05, 0.1) is 5.69 Å². The van der Waals surface area contributed by atoms with Gasteiger partial charge in [-0.05, 0) is 32.0 Å².